The summed E-state index contributed by atoms with van der Waals surface area (Å²) in [6.45, 7) is 6.07. The van der Waals surface area contributed by atoms with Gasteiger partial charge in [0, 0.05) is 18.0 Å². The van der Waals surface area contributed by atoms with Crippen molar-refractivity contribution in [1.29, 1.82) is 0 Å². The third-order valence-corrected chi connectivity index (χ3v) is 2.12. The molecular formula is C11H19NO4. The normalized spacial score (nSPS) is 12.0. The molecule has 92 valence electrons. The maximum Gasteiger partial charge on any atom is 0.333 e. The summed E-state index contributed by atoms with van der Waals surface area (Å²) < 4.78 is 9.64. The van der Waals surface area contributed by atoms with E-state index >= 15 is 0 Å². The molecule has 0 saturated carbocycles. The molecule has 1 unspecified atom stereocenters. The van der Waals surface area contributed by atoms with E-state index in [4.69, 9.17) is 4.74 Å². The van der Waals surface area contributed by atoms with Crippen molar-refractivity contribution >= 4 is 12.4 Å². The second-order valence-electron chi connectivity index (χ2n) is 3.75. The molecule has 0 spiro atoms. The van der Waals surface area contributed by atoms with Crippen molar-refractivity contribution in [2.45, 2.75) is 19.4 Å². The molecule has 0 saturated heterocycles. The van der Waals surface area contributed by atoms with Crippen LogP contribution in [0.5, 0.6) is 0 Å². The third kappa shape index (κ3) is 6.19. The van der Waals surface area contributed by atoms with E-state index in [9.17, 15) is 9.59 Å². The Bertz CT molecular complexity index is 250. The van der Waals surface area contributed by atoms with Crippen molar-refractivity contribution in [3.05, 3.63) is 12.2 Å². The fourth-order valence-electron chi connectivity index (χ4n) is 1.05. The quantitative estimate of drug-likeness (QED) is 0.346. The van der Waals surface area contributed by atoms with Crippen LogP contribution in [0.15, 0.2) is 12.2 Å². The lowest BCUT2D eigenvalue weighted by molar-refractivity contribution is -0.140. The van der Waals surface area contributed by atoms with E-state index in [0.717, 1.165) is 0 Å². The van der Waals surface area contributed by atoms with Crippen LogP contribution in [0.3, 0.4) is 0 Å². The molecule has 5 heteroatoms. The average molecular weight is 229 g/mol. The van der Waals surface area contributed by atoms with Crippen LogP contribution >= 0.6 is 0 Å². The molecular weight excluding hydrogens is 210 g/mol. The number of esters is 1. The molecule has 0 aliphatic heterocycles. The highest BCUT2D eigenvalue weighted by molar-refractivity contribution is 5.86. The third-order valence-electron chi connectivity index (χ3n) is 2.12. The predicted octanol–water partition coefficient (Wildman–Crippen LogP) is 0.599. The van der Waals surface area contributed by atoms with E-state index < -0.39 is 5.97 Å². The number of hydrogen-bond acceptors (Lipinski definition) is 5. The Morgan fingerprint density at radius 3 is 2.56 bits per heavy atom. The highest BCUT2D eigenvalue weighted by Crippen LogP contribution is 2.02. The summed E-state index contributed by atoms with van der Waals surface area (Å²) in [4.78, 5) is 23.1. The lowest BCUT2D eigenvalue weighted by Gasteiger charge is -2.22. The highest BCUT2D eigenvalue weighted by atomic mass is 16.5. The second-order valence-corrected chi connectivity index (χ2v) is 3.75. The van der Waals surface area contributed by atoms with Gasteiger partial charge in [-0.1, -0.05) is 6.58 Å². The van der Waals surface area contributed by atoms with E-state index in [1.165, 1.54) is 0 Å². The van der Waals surface area contributed by atoms with Crippen LogP contribution in [0.4, 0.5) is 0 Å². The van der Waals surface area contributed by atoms with E-state index in [0.29, 0.717) is 25.1 Å². The van der Waals surface area contributed by atoms with E-state index in [2.05, 4.69) is 11.3 Å². The van der Waals surface area contributed by atoms with E-state index in [-0.39, 0.29) is 12.6 Å². The first kappa shape index (κ1) is 14.6. The van der Waals surface area contributed by atoms with Gasteiger partial charge in [-0.25, -0.2) is 4.79 Å². The predicted molar refractivity (Wildman–Crippen MR) is 59.9 cm³/mol. The van der Waals surface area contributed by atoms with Crippen molar-refractivity contribution in [2.75, 3.05) is 27.3 Å². The zero-order valence-electron chi connectivity index (χ0n) is 10.1. The summed E-state index contributed by atoms with van der Waals surface area (Å²) >= 11 is 0. The van der Waals surface area contributed by atoms with Crippen LogP contribution in [-0.4, -0.2) is 50.7 Å². The zero-order valence-corrected chi connectivity index (χ0v) is 10.1. The molecule has 0 amide bonds. The van der Waals surface area contributed by atoms with Gasteiger partial charge in [-0.15, -0.1) is 0 Å². The largest absolute Gasteiger partial charge is 0.466 e. The SMILES string of the molecule is C=C(C)C(=O)OCCC(COC=O)N(C)C. The lowest BCUT2D eigenvalue weighted by atomic mass is 10.2. The maximum absolute atomic E-state index is 11.1. The minimum absolute atomic E-state index is 0.0446. The topological polar surface area (TPSA) is 55.8 Å². The first-order chi connectivity index (χ1) is 7.49. The smallest absolute Gasteiger partial charge is 0.333 e. The number of carbonyl (C=O) groups is 2. The first-order valence-corrected chi connectivity index (χ1v) is 5.03. The molecule has 16 heavy (non-hydrogen) atoms. The van der Waals surface area contributed by atoms with Gasteiger partial charge in [0.25, 0.3) is 6.47 Å². The van der Waals surface area contributed by atoms with Crippen LogP contribution in [0.25, 0.3) is 0 Å². The van der Waals surface area contributed by atoms with Gasteiger partial charge in [0.15, 0.2) is 0 Å². The average Bonchev–Trinajstić information content (AvgIpc) is 2.21. The molecule has 0 aromatic rings. The lowest BCUT2D eigenvalue weighted by Crippen LogP contribution is -2.33. The number of hydrogen-bond donors (Lipinski definition) is 0. The van der Waals surface area contributed by atoms with Gasteiger partial charge >= 0.3 is 5.97 Å². The van der Waals surface area contributed by atoms with Gasteiger partial charge in [-0.3, -0.25) is 4.79 Å². The fraction of sp³-hybridized carbons (Fsp3) is 0.636. The van der Waals surface area contributed by atoms with Crippen molar-refractivity contribution < 1.29 is 19.1 Å². The van der Waals surface area contributed by atoms with Crippen molar-refractivity contribution in [3.63, 3.8) is 0 Å². The first-order valence-electron chi connectivity index (χ1n) is 5.03. The minimum atomic E-state index is -0.395. The number of likely N-dealkylation sites (N-methyl/N-ethyl adjacent to an activating group) is 1. The van der Waals surface area contributed by atoms with Gasteiger partial charge in [0.1, 0.15) is 6.61 Å². The van der Waals surface area contributed by atoms with E-state index in [1.807, 2.05) is 19.0 Å². The Balaban J connectivity index is 3.88. The van der Waals surface area contributed by atoms with Crippen LogP contribution in [0, 0.1) is 0 Å². The summed E-state index contributed by atoms with van der Waals surface area (Å²) in [6.07, 6.45) is 0.611. The molecule has 1 atom stereocenters. The van der Waals surface area contributed by atoms with Gasteiger partial charge in [0.2, 0.25) is 0 Å². The number of ether oxygens (including phenoxy) is 2. The van der Waals surface area contributed by atoms with E-state index in [1.54, 1.807) is 6.92 Å². The molecule has 0 aromatic carbocycles. The standard InChI is InChI=1S/C11H19NO4/c1-9(2)11(14)16-6-5-10(12(3)4)7-15-8-13/h8,10H,1,5-7H2,2-4H3. The monoisotopic (exact) mass is 229 g/mol. The molecule has 0 radical (unpaired) electrons. The molecule has 0 aliphatic carbocycles. The molecule has 0 rings (SSSR count). The second kappa shape index (κ2) is 7.87. The van der Waals surface area contributed by atoms with Gasteiger partial charge in [0.05, 0.1) is 6.61 Å². The Kier molecular flexibility index (Phi) is 7.20. The van der Waals surface area contributed by atoms with Crippen LogP contribution in [0.1, 0.15) is 13.3 Å². The van der Waals surface area contributed by atoms with Gasteiger partial charge < -0.3 is 14.4 Å². The molecule has 0 heterocycles. The molecule has 0 aliphatic rings. The molecule has 0 aromatic heterocycles. The number of carbonyl (C=O) groups excluding carboxylic acids is 2. The summed E-state index contributed by atoms with van der Waals surface area (Å²) in [5, 5.41) is 0. The van der Waals surface area contributed by atoms with Crippen molar-refractivity contribution in [2.24, 2.45) is 0 Å². The van der Waals surface area contributed by atoms with Gasteiger partial charge in [-0.2, -0.15) is 0 Å². The van der Waals surface area contributed by atoms with Crippen LogP contribution in [-0.2, 0) is 19.1 Å². The Morgan fingerprint density at radius 1 is 1.50 bits per heavy atom. The van der Waals surface area contributed by atoms with Crippen LogP contribution < -0.4 is 0 Å². The molecule has 0 fully saturated rings. The maximum atomic E-state index is 11.1. The summed E-state index contributed by atoms with van der Waals surface area (Å²) in [7, 11) is 3.75. The zero-order chi connectivity index (χ0) is 12.6. The minimum Gasteiger partial charge on any atom is -0.466 e. The Labute approximate surface area is 96.0 Å². The van der Waals surface area contributed by atoms with Crippen molar-refractivity contribution in [1.82, 2.24) is 4.90 Å². The van der Waals surface area contributed by atoms with Crippen LogP contribution in [0.2, 0.25) is 0 Å². The summed E-state index contributed by atoms with van der Waals surface area (Å²) in [6, 6.07) is 0.0446. The Morgan fingerprint density at radius 2 is 2.12 bits per heavy atom. The summed E-state index contributed by atoms with van der Waals surface area (Å²) in [5.74, 6) is -0.395. The number of nitrogens with zero attached hydrogens (tertiary/aromatic N) is 1. The summed E-state index contributed by atoms with van der Waals surface area (Å²) in [5.41, 5.74) is 0.380. The fourth-order valence-corrected chi connectivity index (χ4v) is 1.05. The molecule has 0 N–H and O–H groups in total. The van der Waals surface area contributed by atoms with Gasteiger partial charge in [-0.05, 0) is 21.0 Å². The molecule has 0 bridgehead atoms. The highest BCUT2D eigenvalue weighted by Gasteiger charge is 2.13. The van der Waals surface area contributed by atoms with Crippen molar-refractivity contribution in [3.8, 4) is 0 Å². The Hall–Kier alpha value is -1.36. The number of rotatable bonds is 8. The molecule has 5 nitrogen and oxygen atoms in total.